The van der Waals surface area contributed by atoms with Crippen LogP contribution >= 0.6 is 11.6 Å². The fourth-order valence-corrected chi connectivity index (χ4v) is 14.5. The largest absolute Gasteiger partial charge is 0.495 e. The molecule has 0 spiro atoms. The van der Waals surface area contributed by atoms with E-state index in [1.54, 1.807) is 49.3 Å². The third-order valence-corrected chi connectivity index (χ3v) is 22.0. The number of aryl methyl sites for hydroxylation is 1. The van der Waals surface area contributed by atoms with Crippen LogP contribution in [0, 0.1) is 5.92 Å². The number of benzene rings is 4. The molecule has 117 heavy (non-hydrogen) atoms. The lowest BCUT2D eigenvalue weighted by atomic mass is 9.82. The minimum absolute atomic E-state index is 0.0484. The first-order valence-corrected chi connectivity index (χ1v) is 39.5. The zero-order valence-corrected chi connectivity index (χ0v) is 69.7. The highest BCUT2D eigenvalue weighted by atomic mass is 35.5. The number of anilines is 1. The van der Waals surface area contributed by atoms with E-state index >= 15 is 4.79 Å². The van der Waals surface area contributed by atoms with Gasteiger partial charge in [-0.2, -0.15) is 0 Å². The molecule has 33 heteroatoms. The molecule has 1 aromatic heterocycles. The summed E-state index contributed by atoms with van der Waals surface area (Å²) in [6, 6.07) is 26.9. The summed E-state index contributed by atoms with van der Waals surface area (Å²) >= 11 is 6.94. The second kappa shape index (κ2) is 42.7. The van der Waals surface area contributed by atoms with Gasteiger partial charge in [0, 0.05) is 98.2 Å². The number of amides is 7. The van der Waals surface area contributed by atoms with Crippen LogP contribution in [0.2, 0.25) is 5.02 Å². The van der Waals surface area contributed by atoms with Gasteiger partial charge in [-0.25, -0.2) is 29.2 Å². The van der Waals surface area contributed by atoms with Crippen molar-refractivity contribution < 1.29 is 110 Å². The van der Waals surface area contributed by atoms with E-state index in [9.17, 15) is 43.5 Å². The molecular formula is C84H112ClN9O23. The number of nitrogens with one attached hydrogen (secondary N) is 3. The van der Waals surface area contributed by atoms with E-state index < -0.39 is 102 Å². The zero-order chi connectivity index (χ0) is 84.7. The lowest BCUT2D eigenvalue weighted by Gasteiger charge is -2.42. The van der Waals surface area contributed by atoms with E-state index in [4.69, 9.17) is 73.2 Å². The Morgan fingerprint density at radius 3 is 1.91 bits per heavy atom. The van der Waals surface area contributed by atoms with Crippen molar-refractivity contribution in [2.24, 2.45) is 5.92 Å². The fraction of sp³-hybridized carbons (Fsp3) is 0.536. The summed E-state index contributed by atoms with van der Waals surface area (Å²) in [5.41, 5.74) is 4.06. The number of aliphatic hydroxyl groups is 1. The van der Waals surface area contributed by atoms with Gasteiger partial charge >= 0.3 is 24.1 Å². The van der Waals surface area contributed by atoms with Gasteiger partial charge in [-0.05, 0) is 91.6 Å². The molecule has 4 N–H and O–H groups in total. The molecule has 4 heterocycles. The summed E-state index contributed by atoms with van der Waals surface area (Å²) in [6.45, 7) is 12.8. The molecule has 4 aliphatic rings. The van der Waals surface area contributed by atoms with Gasteiger partial charge in [0.25, 0.3) is 5.79 Å². The average molecular weight is 1650 g/mol. The number of carbonyl (C=O) groups is 9. The van der Waals surface area contributed by atoms with E-state index in [-0.39, 0.29) is 113 Å². The van der Waals surface area contributed by atoms with Crippen LogP contribution in [0.15, 0.2) is 115 Å². The van der Waals surface area contributed by atoms with Crippen molar-refractivity contribution in [1.82, 2.24) is 40.3 Å². The van der Waals surface area contributed by atoms with Gasteiger partial charge in [0.1, 0.15) is 54.2 Å². The first-order valence-electron chi connectivity index (χ1n) is 39.1. The predicted octanol–water partition coefficient (Wildman–Crippen LogP) is 7.25. The lowest BCUT2D eigenvalue weighted by molar-refractivity contribution is -0.255. The summed E-state index contributed by atoms with van der Waals surface area (Å²) < 4.78 is 77.9. The number of methoxy groups -OCH3 is 2. The van der Waals surface area contributed by atoms with Crippen molar-refractivity contribution in [3.05, 3.63) is 142 Å². The fourth-order valence-electron chi connectivity index (χ4n) is 14.2. The van der Waals surface area contributed by atoms with Crippen LogP contribution in [0.3, 0.4) is 0 Å². The SMILES string of the molecule is COc1cc2cc(c1Cl)N(C)C(=O)C[C@](OC(=O)C(C)N(C)C(=O)CCOCCOCCOCCOCCOCCOCCNC(=O)CNC(=O)CCn1c(CN(C)N(C)C(=O)OCC3c4ccccc4-c4ccccc43)cc3ccccc31)(OC(=O)[C@H](C)N(C)C(C)=O)[C@]1(C)O[C@H]1[C@H](C)[C@@H]1C[C@@](O)(NC(=O)O1)C(OC)/C=C/C=C(\C)C2. The molecule has 9 rings (SSSR count). The Kier molecular flexibility index (Phi) is 33.3. The first-order chi connectivity index (χ1) is 55.9. The summed E-state index contributed by atoms with van der Waals surface area (Å²) in [5, 5.41) is 24.3. The van der Waals surface area contributed by atoms with Crippen LogP contribution in [0.5, 0.6) is 5.75 Å². The molecule has 2 saturated heterocycles. The number of hydrogen-bond donors (Lipinski definition) is 4. The van der Waals surface area contributed by atoms with Crippen LogP contribution in [0.1, 0.15) is 95.5 Å². The monoisotopic (exact) mass is 1650 g/mol. The molecule has 1 aliphatic carbocycles. The number of allylic oxidation sites excluding steroid dienone is 3. The molecule has 32 nitrogen and oxygen atoms in total. The Bertz CT molecular complexity index is 4310. The van der Waals surface area contributed by atoms with E-state index in [1.165, 1.54) is 73.0 Å². The van der Waals surface area contributed by atoms with Crippen molar-refractivity contribution in [3.63, 3.8) is 0 Å². The van der Waals surface area contributed by atoms with E-state index in [0.29, 0.717) is 64.7 Å². The van der Waals surface area contributed by atoms with E-state index in [0.717, 1.165) is 54.2 Å². The second-order valence-corrected chi connectivity index (χ2v) is 29.9. The zero-order valence-electron chi connectivity index (χ0n) is 69.0. The summed E-state index contributed by atoms with van der Waals surface area (Å²) in [6.07, 6.45) is -0.729. The Labute approximate surface area is 687 Å². The van der Waals surface area contributed by atoms with Gasteiger partial charge in [0.05, 0.1) is 112 Å². The Morgan fingerprint density at radius 2 is 1.31 bits per heavy atom. The number of carbonyl (C=O) groups excluding carboxylic acids is 9. The van der Waals surface area contributed by atoms with Gasteiger partial charge in [-0.1, -0.05) is 109 Å². The second-order valence-electron chi connectivity index (χ2n) is 29.6. The molecule has 3 aliphatic heterocycles. The highest BCUT2D eigenvalue weighted by Gasteiger charge is 2.74. The number of likely N-dealkylation sites (N-methyl/N-ethyl adjacent to an activating group) is 2. The van der Waals surface area contributed by atoms with E-state index in [2.05, 4.69) is 44.8 Å². The number of rotatable bonds is 39. The van der Waals surface area contributed by atoms with Gasteiger partial charge in [0.2, 0.25) is 29.5 Å². The number of hydrazine groups is 1. The van der Waals surface area contributed by atoms with Crippen LogP contribution < -0.4 is 25.6 Å². The molecule has 638 valence electrons. The minimum atomic E-state index is -2.70. The Morgan fingerprint density at radius 1 is 0.735 bits per heavy atom. The number of ether oxygens (including phenoxy) is 13. The van der Waals surface area contributed by atoms with Gasteiger partial charge in [0.15, 0.2) is 11.3 Å². The molecule has 4 bridgehead atoms. The summed E-state index contributed by atoms with van der Waals surface area (Å²) in [4.78, 5) is 127. The maximum absolute atomic E-state index is 15.1. The Balaban J connectivity index is 0.637. The molecule has 2 unspecified atom stereocenters. The predicted molar refractivity (Wildman–Crippen MR) is 430 cm³/mol. The van der Waals surface area contributed by atoms with Crippen molar-refractivity contribution in [2.45, 2.75) is 140 Å². The van der Waals surface area contributed by atoms with Crippen molar-refractivity contribution >= 4 is 81.9 Å². The van der Waals surface area contributed by atoms with Crippen LogP contribution in [0.25, 0.3) is 22.0 Å². The standard InChI is InChI=1S/C84H112ClN9O23/c1-54-21-20-28-71(106-13)83(104)49-70(114-80(102)88-83)55(2)77-82(6,115-77)84(116-78(100)56(3)90(8)58(5)95,50-75(99)92(10)68-46-59(45-54)47-69(105-12)76(68)85)117-79(101)57(4)91(9)74(98)30-33-107-35-37-109-39-41-111-43-44-112-42-40-110-38-36-108-34-31-86-73(97)51-87-72(96)29-32-94-61(48-60-22-14-19-27-67(60)94)52-89(7)93(11)81(103)113-53-66-64-25-17-15-23-62(64)63-24-16-18-26-65(63)66/h14-28,46-48,55-57,66,70-71,77,104H,29-45,49-53H2,1-13H3,(H,86,97)(H,87,96)(H,88,102)/b28-20+,54-21+/t55-,56+,57?,70+,71?,77+,82-,83+,84-/m1/s1. The van der Waals surface area contributed by atoms with Gasteiger partial charge in [-0.15, -0.1) is 0 Å². The molecule has 0 saturated carbocycles. The maximum Gasteiger partial charge on any atom is 0.424 e. The number of alkyl carbamates (subject to hydrolysis) is 1. The smallest absolute Gasteiger partial charge is 0.424 e. The topological polar surface area (TPSA) is 354 Å². The normalized spacial score (nSPS) is 21.7. The molecule has 5 aromatic rings. The average Bonchev–Trinajstić information content (AvgIpc) is 1.54. The number of aromatic nitrogens is 1. The van der Waals surface area contributed by atoms with Crippen molar-refractivity contribution in [1.29, 1.82) is 0 Å². The first kappa shape index (κ1) is 91.3. The summed E-state index contributed by atoms with van der Waals surface area (Å²) in [7, 11) is 10.4. The number of hydrogen-bond acceptors (Lipinski definition) is 24. The molecule has 2 fully saturated rings. The van der Waals surface area contributed by atoms with Crippen molar-refractivity contribution in [2.75, 3.05) is 153 Å². The lowest BCUT2D eigenvalue weighted by Crippen LogP contribution is -2.64. The van der Waals surface area contributed by atoms with Crippen LogP contribution in [-0.2, 0) is 110 Å². The molecule has 7 amide bonds. The molecular weight excluding hydrogens is 1540 g/mol. The van der Waals surface area contributed by atoms with Gasteiger partial charge < -0.3 is 96.6 Å². The maximum atomic E-state index is 15.1. The third-order valence-electron chi connectivity index (χ3n) is 21.6. The number of epoxide rings is 1. The van der Waals surface area contributed by atoms with Crippen LogP contribution in [0.4, 0.5) is 15.3 Å². The Hall–Kier alpha value is -9.58. The minimum Gasteiger partial charge on any atom is -0.495 e. The molecule has 9 atom stereocenters. The number of nitrogens with zero attached hydrogens (tertiary/aromatic N) is 6. The highest BCUT2D eigenvalue weighted by molar-refractivity contribution is 6.35. The number of para-hydroxylation sites is 1. The number of esters is 2. The van der Waals surface area contributed by atoms with Gasteiger partial charge in [-0.3, -0.25) is 29.3 Å². The van der Waals surface area contributed by atoms with Crippen molar-refractivity contribution in [3.8, 4) is 16.9 Å². The number of fused-ring (bicyclic) bond motifs is 9. The van der Waals surface area contributed by atoms with E-state index in [1.807, 2.05) is 68.6 Å². The molecule has 4 aromatic carbocycles. The summed E-state index contributed by atoms with van der Waals surface area (Å²) in [5.74, 6) is -8.19. The number of halogens is 1. The molecule has 0 radical (unpaired) electrons. The quantitative estimate of drug-likeness (QED) is 0.00751. The highest BCUT2D eigenvalue weighted by Crippen LogP contribution is 2.55. The third kappa shape index (κ3) is 23.7. The van der Waals surface area contributed by atoms with Crippen LogP contribution in [-0.4, -0.2) is 279 Å².